The molecule has 0 spiro atoms. The van der Waals surface area contributed by atoms with Gasteiger partial charge in [-0.05, 0) is 12.5 Å². The van der Waals surface area contributed by atoms with Gasteiger partial charge in [-0.3, -0.25) is 0 Å². The topological polar surface area (TPSA) is 0 Å². The van der Waals surface area contributed by atoms with Crippen molar-refractivity contribution < 1.29 is 0 Å². The van der Waals surface area contributed by atoms with E-state index in [1.165, 1.54) is 0 Å². The highest BCUT2D eigenvalue weighted by molar-refractivity contribution is 7.97. The van der Waals surface area contributed by atoms with Crippen LogP contribution in [0.5, 0.6) is 0 Å². The predicted molar refractivity (Wildman–Crippen MR) is 30.7 cm³/mol. The summed E-state index contributed by atoms with van der Waals surface area (Å²) in [6, 6.07) is 0. The van der Waals surface area contributed by atoms with Gasteiger partial charge in [0.1, 0.15) is 0 Å². The summed E-state index contributed by atoms with van der Waals surface area (Å²) in [6.45, 7) is 6.00. The van der Waals surface area contributed by atoms with Crippen LogP contribution in [0, 0.1) is 0 Å². The minimum Gasteiger partial charge on any atom is -0.169 e. The van der Waals surface area contributed by atoms with Gasteiger partial charge in [0.2, 0.25) is 0 Å². The zero-order valence-electron chi connectivity index (χ0n) is 3.82. The summed E-state index contributed by atoms with van der Waals surface area (Å²) < 4.78 is 0. The van der Waals surface area contributed by atoms with Gasteiger partial charge in [-0.15, -0.1) is 13.2 Å². The average Bonchev–Trinajstić information content (AvgIpc) is 1.46. The lowest BCUT2D eigenvalue weighted by atomic mass is 11.3. The third kappa shape index (κ3) is 2210. The van der Waals surface area contributed by atoms with E-state index in [0.717, 1.165) is 0 Å². The Morgan fingerprint density at radius 3 is 1.20 bits per heavy atom. The summed E-state index contributed by atoms with van der Waals surface area (Å²) in [7, 11) is 0. The van der Waals surface area contributed by atoms with Crippen molar-refractivity contribution in [2.24, 2.45) is 0 Å². The molecule has 0 aliphatic rings. The van der Waals surface area contributed by atoms with Crippen LogP contribution < -0.4 is 0 Å². The molecule has 0 bridgehead atoms. The normalized spacial score (nSPS) is 4.40. The lowest BCUT2D eigenvalue weighted by Gasteiger charge is -1.51. The summed E-state index contributed by atoms with van der Waals surface area (Å²) in [5, 5.41) is 0. The Labute approximate surface area is 38.3 Å². The zero-order valence-corrected chi connectivity index (χ0v) is 4.64. The Hall–Kier alpha value is 0.0900. The summed E-state index contributed by atoms with van der Waals surface area (Å²) in [5.41, 5.74) is 0. The van der Waals surface area contributed by atoms with E-state index in [4.69, 9.17) is 0 Å². The molecule has 0 heterocycles. The molecule has 0 aromatic heterocycles. The summed E-state index contributed by atoms with van der Waals surface area (Å²) in [4.78, 5) is 0. The van der Waals surface area contributed by atoms with Crippen molar-refractivity contribution in [2.45, 2.75) is 0 Å². The maximum atomic E-state index is 3.00. The van der Waals surface area contributed by atoms with Crippen molar-refractivity contribution in [3.8, 4) is 0 Å². The number of hydrogen-bond acceptors (Lipinski definition) is 1. The second-order valence-electron chi connectivity index (χ2n) is 0.408. The standard InChI is InChI=1S/C2H6S.C2H4/c1-3-2;1-2/h1-2H3;1-2H2. The third-order valence-electron chi connectivity index (χ3n) is 0. The Bertz CT molecular complexity index is 7.61. The maximum Gasteiger partial charge on any atom is -0.0187 e. The molecule has 0 saturated heterocycles. The first-order chi connectivity index (χ1) is 2.41. The SMILES string of the molecule is C=C.CSC. The summed E-state index contributed by atoms with van der Waals surface area (Å²) in [6.07, 6.45) is 4.08. The molecular formula is C4H10S. The first kappa shape index (κ1) is 8.92. The Kier molecular flexibility index (Phi) is 58.6. The molecule has 5 heavy (non-hydrogen) atoms. The molecule has 0 aromatic rings. The monoisotopic (exact) mass is 90.1 g/mol. The van der Waals surface area contributed by atoms with E-state index in [1.807, 2.05) is 12.5 Å². The lowest BCUT2D eigenvalue weighted by Crippen LogP contribution is -1.25. The Morgan fingerprint density at radius 2 is 1.20 bits per heavy atom. The van der Waals surface area contributed by atoms with Crippen molar-refractivity contribution in [3.63, 3.8) is 0 Å². The van der Waals surface area contributed by atoms with Crippen LogP contribution in [0.2, 0.25) is 0 Å². The lowest BCUT2D eigenvalue weighted by molar-refractivity contribution is 2.37. The van der Waals surface area contributed by atoms with Gasteiger partial charge in [0.05, 0.1) is 0 Å². The minimum absolute atomic E-state index is 1.75. The summed E-state index contributed by atoms with van der Waals surface area (Å²) in [5.74, 6) is 0. The first-order valence-electron chi connectivity index (χ1n) is 1.32. The molecule has 0 nitrogen and oxygen atoms in total. The van der Waals surface area contributed by atoms with Crippen LogP contribution in [-0.2, 0) is 0 Å². The first-order valence-corrected chi connectivity index (χ1v) is 2.95. The van der Waals surface area contributed by atoms with Crippen molar-refractivity contribution in [3.05, 3.63) is 13.2 Å². The smallest absolute Gasteiger partial charge is 0.0187 e. The van der Waals surface area contributed by atoms with Gasteiger partial charge < -0.3 is 0 Å². The van der Waals surface area contributed by atoms with Gasteiger partial charge in [-0.2, -0.15) is 11.8 Å². The van der Waals surface area contributed by atoms with Crippen molar-refractivity contribution in [1.82, 2.24) is 0 Å². The second-order valence-corrected chi connectivity index (χ2v) is 1.22. The zero-order chi connectivity index (χ0) is 4.71. The minimum atomic E-state index is 1.75. The van der Waals surface area contributed by atoms with Gasteiger partial charge >= 0.3 is 0 Å². The second kappa shape index (κ2) is 32.9. The molecule has 32 valence electrons. The van der Waals surface area contributed by atoms with Crippen LogP contribution in [0.25, 0.3) is 0 Å². The van der Waals surface area contributed by atoms with E-state index < -0.39 is 0 Å². The molecule has 0 radical (unpaired) electrons. The third-order valence-corrected chi connectivity index (χ3v) is 0. The fourth-order valence-corrected chi connectivity index (χ4v) is 0. The van der Waals surface area contributed by atoms with Gasteiger partial charge in [0, 0.05) is 0 Å². The number of rotatable bonds is 0. The highest BCUT2D eigenvalue weighted by atomic mass is 32.2. The molecule has 0 aliphatic heterocycles. The molecule has 0 aromatic carbocycles. The highest BCUT2D eigenvalue weighted by Crippen LogP contribution is 1.70. The largest absolute Gasteiger partial charge is 0.169 e. The van der Waals surface area contributed by atoms with Gasteiger partial charge in [0.15, 0.2) is 0 Å². The predicted octanol–water partition coefficient (Wildman–Crippen LogP) is 1.78. The van der Waals surface area contributed by atoms with E-state index >= 15 is 0 Å². The van der Waals surface area contributed by atoms with Crippen molar-refractivity contribution in [1.29, 1.82) is 0 Å². The van der Waals surface area contributed by atoms with E-state index in [9.17, 15) is 0 Å². The van der Waals surface area contributed by atoms with E-state index in [1.54, 1.807) is 11.8 Å². The molecule has 0 N–H and O–H groups in total. The van der Waals surface area contributed by atoms with Crippen molar-refractivity contribution in [2.75, 3.05) is 12.5 Å². The van der Waals surface area contributed by atoms with Crippen molar-refractivity contribution >= 4 is 11.8 Å². The molecular weight excluding hydrogens is 80.1 g/mol. The van der Waals surface area contributed by atoms with Gasteiger partial charge in [-0.25, -0.2) is 0 Å². The Balaban J connectivity index is 0. The Morgan fingerprint density at radius 1 is 1.20 bits per heavy atom. The highest BCUT2D eigenvalue weighted by Gasteiger charge is 1.32. The molecule has 0 fully saturated rings. The van der Waals surface area contributed by atoms with Crippen LogP contribution in [0.4, 0.5) is 0 Å². The van der Waals surface area contributed by atoms with Crippen LogP contribution >= 0.6 is 11.8 Å². The van der Waals surface area contributed by atoms with E-state index in [2.05, 4.69) is 13.2 Å². The van der Waals surface area contributed by atoms with Gasteiger partial charge in [-0.1, -0.05) is 0 Å². The van der Waals surface area contributed by atoms with Crippen LogP contribution in [-0.4, -0.2) is 12.5 Å². The average molecular weight is 90.2 g/mol. The summed E-state index contributed by atoms with van der Waals surface area (Å²) >= 11 is 1.75. The molecule has 1 heteroatoms. The fraction of sp³-hybridized carbons (Fsp3) is 0.500. The maximum absolute atomic E-state index is 3.00. The molecule has 0 saturated carbocycles. The quantitative estimate of drug-likeness (QED) is 0.408. The molecule has 0 unspecified atom stereocenters. The van der Waals surface area contributed by atoms with Crippen LogP contribution in [0.15, 0.2) is 13.2 Å². The van der Waals surface area contributed by atoms with Crippen LogP contribution in [0.1, 0.15) is 0 Å². The van der Waals surface area contributed by atoms with Crippen LogP contribution in [0.3, 0.4) is 0 Å². The molecule has 0 amide bonds. The fourth-order valence-electron chi connectivity index (χ4n) is 0. The molecule has 0 rings (SSSR count). The number of thioether (sulfide) groups is 1. The van der Waals surface area contributed by atoms with E-state index in [0.29, 0.717) is 0 Å². The number of hydrogen-bond donors (Lipinski definition) is 0. The van der Waals surface area contributed by atoms with Gasteiger partial charge in [0.25, 0.3) is 0 Å². The van der Waals surface area contributed by atoms with E-state index in [-0.39, 0.29) is 0 Å². The molecule has 0 atom stereocenters. The molecule has 0 aliphatic carbocycles.